The van der Waals surface area contributed by atoms with Crippen molar-refractivity contribution in [3.63, 3.8) is 0 Å². The Morgan fingerprint density at radius 2 is 1.62 bits per heavy atom. The fourth-order valence-electron chi connectivity index (χ4n) is 2.42. The topological polar surface area (TPSA) is 63.2 Å². The Balaban J connectivity index is 0.000000717. The van der Waals surface area contributed by atoms with Gasteiger partial charge in [-0.15, -0.1) is 0 Å². The molecule has 178 valence electrons. The molecule has 0 aromatic heterocycles. The van der Waals surface area contributed by atoms with Gasteiger partial charge in [-0.2, -0.15) is 17.7 Å². The molecule has 0 saturated heterocycles. The average molecular weight is 462 g/mol. The van der Waals surface area contributed by atoms with Gasteiger partial charge < -0.3 is 14.4 Å². The number of hydrazone groups is 1. The number of thiol groups is 1. The zero-order valence-electron chi connectivity index (χ0n) is 20.1. The molecule has 32 heavy (non-hydrogen) atoms. The zero-order valence-corrected chi connectivity index (χ0v) is 21.0. The van der Waals surface area contributed by atoms with E-state index in [2.05, 4.69) is 41.9 Å². The third-order valence-electron chi connectivity index (χ3n) is 4.08. The minimum absolute atomic E-state index is 0.181. The molecule has 7 heteroatoms. The molecule has 2 aromatic carbocycles. The molecule has 0 radical (unpaired) electrons. The molecule has 1 N–H and O–H groups in total. The highest BCUT2D eigenvalue weighted by Gasteiger charge is 1.99. The fourth-order valence-corrected chi connectivity index (χ4v) is 2.42. The van der Waals surface area contributed by atoms with Crippen LogP contribution in [-0.2, 0) is 4.79 Å². The number of amides is 1. The Bertz CT molecular complexity index is 721. The number of methoxy groups -OCH3 is 1. The molecule has 0 aliphatic heterocycles. The number of hydrogen-bond acceptors (Lipinski definition) is 6. The van der Waals surface area contributed by atoms with Crippen LogP contribution in [0, 0.1) is 0 Å². The van der Waals surface area contributed by atoms with Crippen LogP contribution in [0.3, 0.4) is 0 Å². The van der Waals surface area contributed by atoms with Crippen LogP contribution in [-0.4, -0.2) is 56.1 Å². The van der Waals surface area contributed by atoms with E-state index < -0.39 is 0 Å². The van der Waals surface area contributed by atoms with Gasteiger partial charge in [-0.1, -0.05) is 39.0 Å². The van der Waals surface area contributed by atoms with Gasteiger partial charge >= 0.3 is 0 Å². The number of nitrogens with one attached hydrogen (secondary N) is 1. The molecule has 0 fully saturated rings. The first-order chi connectivity index (χ1) is 15.5. The summed E-state index contributed by atoms with van der Waals surface area (Å²) in [6.07, 6.45) is 2.62. The largest absolute Gasteiger partial charge is 0.497 e. The van der Waals surface area contributed by atoms with E-state index in [1.54, 1.807) is 13.3 Å². The second-order valence-corrected chi connectivity index (χ2v) is 7.19. The van der Waals surface area contributed by atoms with Crippen molar-refractivity contribution in [3.05, 3.63) is 60.2 Å². The van der Waals surface area contributed by atoms with Crippen LogP contribution in [0.15, 0.2) is 59.7 Å². The van der Waals surface area contributed by atoms with Crippen LogP contribution in [0.5, 0.6) is 11.5 Å². The summed E-state index contributed by atoms with van der Waals surface area (Å²) in [4.78, 5) is 13.1. The van der Waals surface area contributed by atoms with E-state index in [0.29, 0.717) is 0 Å². The Morgan fingerprint density at radius 1 is 1.03 bits per heavy atom. The van der Waals surface area contributed by atoms with Gasteiger partial charge in [-0.3, -0.25) is 4.79 Å². The maximum absolute atomic E-state index is 10.7. The van der Waals surface area contributed by atoms with Crippen molar-refractivity contribution in [1.29, 1.82) is 0 Å². The van der Waals surface area contributed by atoms with Crippen molar-refractivity contribution in [3.8, 4) is 11.5 Å². The van der Waals surface area contributed by atoms with Crippen LogP contribution >= 0.6 is 12.6 Å². The SMILES string of the molecule is CCN(CC)CCCOc1ccc(/C=N/NC(C)=O)cc1.CCS.COc1ccccc1. The molecular formula is C25H39N3O3S. The van der Waals surface area contributed by atoms with Crippen LogP contribution in [0.4, 0.5) is 0 Å². The van der Waals surface area contributed by atoms with Crippen LogP contribution in [0.25, 0.3) is 0 Å². The lowest BCUT2D eigenvalue weighted by molar-refractivity contribution is -0.118. The number of hydrogen-bond donors (Lipinski definition) is 2. The molecule has 0 bridgehead atoms. The van der Waals surface area contributed by atoms with E-state index in [9.17, 15) is 4.79 Å². The lowest BCUT2D eigenvalue weighted by Crippen LogP contribution is -2.25. The Kier molecular flexibility index (Phi) is 18.8. The first-order valence-electron chi connectivity index (χ1n) is 10.9. The Labute approximate surface area is 199 Å². The normalized spacial score (nSPS) is 9.97. The average Bonchev–Trinajstić information content (AvgIpc) is 2.81. The Hall–Kier alpha value is -2.51. The van der Waals surface area contributed by atoms with Gasteiger partial charge in [0.1, 0.15) is 11.5 Å². The van der Waals surface area contributed by atoms with Crippen LogP contribution in [0.1, 0.15) is 39.7 Å². The molecule has 0 spiro atoms. The van der Waals surface area contributed by atoms with Gasteiger partial charge in [0.15, 0.2) is 0 Å². The van der Waals surface area contributed by atoms with Gasteiger partial charge in [0.2, 0.25) is 5.91 Å². The van der Waals surface area contributed by atoms with E-state index in [4.69, 9.17) is 9.47 Å². The van der Waals surface area contributed by atoms with Crippen molar-refractivity contribution in [1.82, 2.24) is 10.3 Å². The molecule has 0 atom stereocenters. The maximum Gasteiger partial charge on any atom is 0.236 e. The lowest BCUT2D eigenvalue weighted by Gasteiger charge is -2.17. The number of benzene rings is 2. The number of nitrogens with zero attached hydrogens (tertiary/aromatic N) is 2. The van der Waals surface area contributed by atoms with Crippen molar-refractivity contribution in [2.45, 2.75) is 34.1 Å². The van der Waals surface area contributed by atoms with E-state index in [-0.39, 0.29) is 5.91 Å². The molecule has 0 aliphatic rings. The fraction of sp³-hybridized carbons (Fsp3) is 0.440. The highest BCUT2D eigenvalue weighted by Crippen LogP contribution is 2.11. The van der Waals surface area contributed by atoms with Gasteiger partial charge in [-0.05, 0) is 67.2 Å². The van der Waals surface area contributed by atoms with Crippen molar-refractivity contribution >= 4 is 24.8 Å². The zero-order chi connectivity index (χ0) is 24.0. The molecule has 2 aromatic rings. The first kappa shape index (κ1) is 29.5. The first-order valence-corrected chi connectivity index (χ1v) is 11.6. The van der Waals surface area contributed by atoms with E-state index in [1.165, 1.54) is 6.92 Å². The van der Waals surface area contributed by atoms with Gasteiger partial charge in [0.25, 0.3) is 0 Å². The minimum Gasteiger partial charge on any atom is -0.497 e. The van der Waals surface area contributed by atoms with Crippen molar-refractivity contribution in [2.75, 3.05) is 39.1 Å². The van der Waals surface area contributed by atoms with Crippen molar-refractivity contribution < 1.29 is 14.3 Å². The van der Waals surface area contributed by atoms with Gasteiger partial charge in [0.05, 0.1) is 19.9 Å². The second-order valence-electron chi connectivity index (χ2n) is 6.56. The summed E-state index contributed by atoms with van der Waals surface area (Å²) >= 11 is 3.79. The highest BCUT2D eigenvalue weighted by molar-refractivity contribution is 7.80. The number of ether oxygens (including phenoxy) is 2. The summed E-state index contributed by atoms with van der Waals surface area (Å²) < 4.78 is 10.6. The smallest absolute Gasteiger partial charge is 0.236 e. The van der Waals surface area contributed by atoms with Crippen LogP contribution < -0.4 is 14.9 Å². The molecule has 0 heterocycles. The Morgan fingerprint density at radius 3 is 2.09 bits per heavy atom. The number of carbonyl (C=O) groups excluding carboxylic acids is 1. The third kappa shape index (κ3) is 16.2. The summed E-state index contributed by atoms with van der Waals surface area (Å²) in [5.41, 5.74) is 3.28. The summed E-state index contributed by atoms with van der Waals surface area (Å²) in [5, 5.41) is 3.81. The summed E-state index contributed by atoms with van der Waals surface area (Å²) in [5.74, 6) is 2.53. The van der Waals surface area contributed by atoms with Gasteiger partial charge in [0, 0.05) is 13.5 Å². The van der Waals surface area contributed by atoms with Crippen molar-refractivity contribution in [2.24, 2.45) is 5.10 Å². The molecule has 2 rings (SSSR count). The predicted octanol–water partition coefficient (Wildman–Crippen LogP) is 4.90. The molecule has 0 saturated carbocycles. The van der Waals surface area contributed by atoms with Crippen LogP contribution in [0.2, 0.25) is 0 Å². The number of carbonyl (C=O) groups is 1. The highest BCUT2D eigenvalue weighted by atomic mass is 32.1. The minimum atomic E-state index is -0.181. The number of para-hydroxylation sites is 1. The molecular weight excluding hydrogens is 422 g/mol. The van der Waals surface area contributed by atoms with E-state index >= 15 is 0 Å². The summed E-state index contributed by atoms with van der Waals surface area (Å²) in [7, 11) is 1.66. The molecule has 1 amide bonds. The number of rotatable bonds is 10. The third-order valence-corrected chi connectivity index (χ3v) is 4.08. The second kappa shape index (κ2) is 20.4. The summed E-state index contributed by atoms with van der Waals surface area (Å²) in [6.45, 7) is 11.7. The standard InChI is InChI=1S/C16H25N3O2.C7H8O.C2H6S/c1-4-19(5-2)11-6-12-21-16-9-7-15(8-10-16)13-17-18-14(3)20;1-8-7-5-3-2-4-6-7;1-2-3/h7-10,13H,4-6,11-12H2,1-3H3,(H,18,20);2-6H,1H3;3H,2H2,1H3/b17-13+;;. The van der Waals surface area contributed by atoms with E-state index in [0.717, 1.165) is 55.5 Å². The quantitative estimate of drug-likeness (QED) is 0.229. The predicted molar refractivity (Wildman–Crippen MR) is 138 cm³/mol. The molecule has 0 aliphatic carbocycles. The molecule has 6 nitrogen and oxygen atoms in total. The maximum atomic E-state index is 10.7. The molecule has 0 unspecified atom stereocenters. The van der Waals surface area contributed by atoms with E-state index in [1.807, 2.05) is 61.5 Å². The van der Waals surface area contributed by atoms with Gasteiger partial charge in [-0.25, -0.2) is 5.43 Å². The monoisotopic (exact) mass is 461 g/mol. The summed E-state index contributed by atoms with van der Waals surface area (Å²) in [6, 6.07) is 17.3. The lowest BCUT2D eigenvalue weighted by atomic mass is 10.2.